The Morgan fingerprint density at radius 3 is 2.43 bits per heavy atom. The van der Waals surface area contributed by atoms with Gasteiger partial charge in [-0.3, -0.25) is 4.79 Å². The molecule has 1 atom stereocenters. The minimum atomic E-state index is 0.0742. The number of aromatic nitrogens is 1. The first-order valence-electron chi connectivity index (χ1n) is 10.7. The summed E-state index contributed by atoms with van der Waals surface area (Å²) in [4.78, 5) is 20.9. The van der Waals surface area contributed by atoms with Crippen molar-refractivity contribution in [3.05, 3.63) is 28.9 Å². The van der Waals surface area contributed by atoms with Crippen molar-refractivity contribution in [1.82, 2.24) is 9.88 Å². The molecule has 0 bridgehead atoms. The Hall–Kier alpha value is -1.72. The summed E-state index contributed by atoms with van der Waals surface area (Å²) in [6, 6.07) is 6.00. The number of amides is 1. The summed E-state index contributed by atoms with van der Waals surface area (Å²) >= 11 is 6.48. The molecular formula is C22H29ClN4O. The van der Waals surface area contributed by atoms with E-state index in [0.717, 1.165) is 66.0 Å². The van der Waals surface area contributed by atoms with Gasteiger partial charge in [-0.25, -0.2) is 0 Å². The van der Waals surface area contributed by atoms with Crippen LogP contribution in [0, 0.1) is 17.8 Å². The lowest BCUT2D eigenvalue weighted by molar-refractivity contribution is 0.0783. The van der Waals surface area contributed by atoms with Crippen molar-refractivity contribution < 1.29 is 4.79 Å². The van der Waals surface area contributed by atoms with E-state index in [1.165, 1.54) is 25.7 Å². The number of nitrogens with zero attached hydrogens (tertiary/aromatic N) is 2. The fourth-order valence-electron chi connectivity index (χ4n) is 4.43. The highest BCUT2D eigenvalue weighted by Gasteiger charge is 2.31. The van der Waals surface area contributed by atoms with Crippen LogP contribution in [0.5, 0.6) is 0 Å². The number of benzene rings is 1. The highest BCUT2D eigenvalue weighted by Crippen LogP contribution is 2.39. The minimum Gasteiger partial charge on any atom is -0.369 e. The molecule has 2 aliphatic carbocycles. The molecule has 2 saturated carbocycles. The molecule has 3 aliphatic rings. The number of hydrogen-bond donors (Lipinski definition) is 2. The van der Waals surface area contributed by atoms with E-state index in [4.69, 9.17) is 17.3 Å². The molecule has 5 rings (SSSR count). The lowest BCUT2D eigenvalue weighted by Crippen LogP contribution is -2.30. The number of anilines is 1. The van der Waals surface area contributed by atoms with Crippen molar-refractivity contribution in [1.29, 1.82) is 0 Å². The molecule has 2 heterocycles. The van der Waals surface area contributed by atoms with Gasteiger partial charge < -0.3 is 20.5 Å². The topological polar surface area (TPSA) is 65.4 Å². The molecule has 3 fully saturated rings. The summed E-state index contributed by atoms with van der Waals surface area (Å²) in [5.41, 5.74) is 8.65. The Labute approximate surface area is 171 Å². The molecule has 6 heteroatoms. The first-order chi connectivity index (χ1) is 13.6. The lowest BCUT2D eigenvalue weighted by Gasteiger charge is -2.26. The van der Waals surface area contributed by atoms with Crippen LogP contribution in [-0.2, 0) is 0 Å². The summed E-state index contributed by atoms with van der Waals surface area (Å²) in [6.45, 7) is 4.39. The summed E-state index contributed by atoms with van der Waals surface area (Å²) in [5.74, 6) is 2.11. The largest absolute Gasteiger partial charge is 0.369 e. The molecule has 28 heavy (non-hydrogen) atoms. The number of H-pyrrole nitrogens is 1. The first-order valence-corrected chi connectivity index (χ1v) is 11.0. The smallest absolute Gasteiger partial charge is 0.270 e. The number of likely N-dealkylation sites (tertiary alicyclic amines) is 1. The van der Waals surface area contributed by atoms with Gasteiger partial charge >= 0.3 is 0 Å². The Balaban J connectivity index is 1.46. The molecule has 3 N–H and O–H groups in total. The van der Waals surface area contributed by atoms with Crippen molar-refractivity contribution in [2.75, 3.05) is 37.6 Å². The maximum absolute atomic E-state index is 13.0. The van der Waals surface area contributed by atoms with E-state index in [-0.39, 0.29) is 5.91 Å². The third kappa shape index (κ3) is 3.74. The molecule has 1 aromatic heterocycles. The summed E-state index contributed by atoms with van der Waals surface area (Å²) in [6.07, 6.45) is 6.32. The van der Waals surface area contributed by atoms with Crippen LogP contribution in [0.1, 0.15) is 42.6 Å². The van der Waals surface area contributed by atoms with Crippen LogP contribution in [-0.4, -0.2) is 48.5 Å². The molecule has 0 radical (unpaired) electrons. The minimum absolute atomic E-state index is 0.0742. The highest BCUT2D eigenvalue weighted by molar-refractivity contribution is 6.32. The maximum Gasteiger partial charge on any atom is 0.270 e. The second-order valence-corrected chi connectivity index (χ2v) is 9.44. The van der Waals surface area contributed by atoms with Crippen LogP contribution < -0.4 is 10.6 Å². The number of rotatable bonds is 7. The SMILES string of the molecule is NCC1CCN(C(=O)c2cc3cc(Cl)cc(N(CC4CC4)CC4CC4)c3[nH]2)C1. The molecule has 2 aromatic rings. The van der Waals surface area contributed by atoms with Crippen molar-refractivity contribution in [2.24, 2.45) is 23.5 Å². The van der Waals surface area contributed by atoms with Gasteiger partial charge in [0.1, 0.15) is 5.69 Å². The number of carbonyl (C=O) groups excluding carboxylic acids is 1. The van der Waals surface area contributed by atoms with Gasteiger partial charge in [0.25, 0.3) is 5.91 Å². The Bertz CT molecular complexity index is 872. The second-order valence-electron chi connectivity index (χ2n) is 9.01. The summed E-state index contributed by atoms with van der Waals surface area (Å²) < 4.78 is 0. The van der Waals surface area contributed by atoms with Gasteiger partial charge in [-0.2, -0.15) is 0 Å². The van der Waals surface area contributed by atoms with Crippen LogP contribution in [0.3, 0.4) is 0 Å². The lowest BCUT2D eigenvalue weighted by atomic mass is 10.1. The number of hydrogen-bond acceptors (Lipinski definition) is 3. The van der Waals surface area contributed by atoms with Crippen molar-refractivity contribution in [3.8, 4) is 0 Å². The maximum atomic E-state index is 13.0. The number of carbonyl (C=O) groups is 1. The number of aromatic amines is 1. The van der Waals surface area contributed by atoms with E-state index in [0.29, 0.717) is 18.2 Å². The fourth-order valence-corrected chi connectivity index (χ4v) is 4.65. The second kappa shape index (κ2) is 7.27. The van der Waals surface area contributed by atoms with E-state index < -0.39 is 0 Å². The molecule has 1 unspecified atom stereocenters. The normalized spacial score (nSPS) is 22.2. The van der Waals surface area contributed by atoms with Gasteiger partial charge in [0.2, 0.25) is 0 Å². The quantitative estimate of drug-likeness (QED) is 0.741. The molecule has 0 spiro atoms. The standard InChI is InChI=1S/C22H29ClN4O/c23-18-7-17-8-19(22(28)26-6-5-16(10-24)13-26)25-21(17)20(9-18)27(11-14-1-2-14)12-15-3-4-15/h7-9,14-16,25H,1-6,10-13,24H2. The third-order valence-electron chi connectivity index (χ3n) is 6.50. The molecule has 1 aliphatic heterocycles. The molecule has 150 valence electrons. The van der Waals surface area contributed by atoms with Crippen LogP contribution in [0.25, 0.3) is 10.9 Å². The Morgan fingerprint density at radius 2 is 1.82 bits per heavy atom. The summed E-state index contributed by atoms with van der Waals surface area (Å²) in [5, 5.41) is 1.76. The monoisotopic (exact) mass is 400 g/mol. The van der Waals surface area contributed by atoms with Crippen molar-refractivity contribution in [2.45, 2.75) is 32.1 Å². The van der Waals surface area contributed by atoms with Crippen LogP contribution in [0.4, 0.5) is 5.69 Å². The number of fused-ring (bicyclic) bond motifs is 1. The van der Waals surface area contributed by atoms with Gasteiger partial charge in [0, 0.05) is 36.6 Å². The van der Waals surface area contributed by atoms with E-state index in [9.17, 15) is 4.79 Å². The predicted molar refractivity (Wildman–Crippen MR) is 114 cm³/mol. The van der Waals surface area contributed by atoms with Crippen LogP contribution in [0.2, 0.25) is 5.02 Å². The van der Waals surface area contributed by atoms with Crippen molar-refractivity contribution in [3.63, 3.8) is 0 Å². The zero-order chi connectivity index (χ0) is 19.3. The van der Waals surface area contributed by atoms with Gasteiger partial charge in [0.15, 0.2) is 0 Å². The van der Waals surface area contributed by atoms with E-state index in [1.54, 1.807) is 0 Å². The van der Waals surface area contributed by atoms with Gasteiger partial charge in [-0.1, -0.05) is 11.6 Å². The van der Waals surface area contributed by atoms with Gasteiger partial charge in [-0.05, 0) is 74.6 Å². The number of halogens is 1. The highest BCUT2D eigenvalue weighted by atomic mass is 35.5. The van der Waals surface area contributed by atoms with E-state index in [2.05, 4.69) is 16.0 Å². The molecule has 1 amide bonds. The number of nitrogens with two attached hydrogens (primary N) is 1. The average Bonchev–Trinajstić information content (AvgIpc) is 3.59. The van der Waals surface area contributed by atoms with Crippen molar-refractivity contribution >= 4 is 34.1 Å². The first kappa shape index (κ1) is 18.3. The molecule has 5 nitrogen and oxygen atoms in total. The predicted octanol–water partition coefficient (Wildman–Crippen LogP) is 3.87. The molecule has 1 aromatic carbocycles. The number of nitrogens with one attached hydrogen (secondary N) is 1. The fraction of sp³-hybridized carbons (Fsp3) is 0.591. The molecule has 1 saturated heterocycles. The van der Waals surface area contributed by atoms with Crippen LogP contribution in [0.15, 0.2) is 18.2 Å². The van der Waals surface area contributed by atoms with E-state index in [1.807, 2.05) is 17.0 Å². The average molecular weight is 401 g/mol. The zero-order valence-corrected chi connectivity index (χ0v) is 17.0. The third-order valence-corrected chi connectivity index (χ3v) is 6.72. The molecular weight excluding hydrogens is 372 g/mol. The summed E-state index contributed by atoms with van der Waals surface area (Å²) in [7, 11) is 0. The van der Waals surface area contributed by atoms with Gasteiger partial charge in [-0.15, -0.1) is 0 Å². The Kier molecular flexibility index (Phi) is 4.76. The van der Waals surface area contributed by atoms with E-state index >= 15 is 0 Å². The van der Waals surface area contributed by atoms with Gasteiger partial charge in [0.05, 0.1) is 11.2 Å². The van der Waals surface area contributed by atoms with Crippen LogP contribution >= 0.6 is 11.6 Å². The Morgan fingerprint density at radius 1 is 1.11 bits per heavy atom. The zero-order valence-electron chi connectivity index (χ0n) is 16.3.